The fourth-order valence-electron chi connectivity index (χ4n) is 3.24. The molecule has 1 amide bonds. The lowest BCUT2D eigenvalue weighted by Crippen LogP contribution is -2.36. The van der Waals surface area contributed by atoms with Gasteiger partial charge in [-0.3, -0.25) is 14.5 Å². The number of ether oxygens (including phenoxy) is 1. The van der Waals surface area contributed by atoms with Gasteiger partial charge in [0, 0.05) is 67.7 Å². The molecule has 0 radical (unpaired) electrons. The summed E-state index contributed by atoms with van der Waals surface area (Å²) < 4.78 is 7.13. The van der Waals surface area contributed by atoms with E-state index in [9.17, 15) is 4.79 Å². The maximum Gasteiger partial charge on any atom is 0.251 e. The molecule has 0 spiro atoms. The van der Waals surface area contributed by atoms with Gasteiger partial charge in [0.2, 0.25) is 0 Å². The van der Waals surface area contributed by atoms with E-state index in [1.54, 1.807) is 23.3 Å². The zero-order valence-corrected chi connectivity index (χ0v) is 15.8. The molecule has 1 aliphatic rings. The van der Waals surface area contributed by atoms with E-state index in [1.165, 1.54) is 0 Å². The van der Waals surface area contributed by atoms with Gasteiger partial charge in [-0.25, -0.2) is 0 Å². The molecule has 0 saturated carbocycles. The first kappa shape index (κ1) is 18.2. The number of anilines is 1. The van der Waals surface area contributed by atoms with E-state index in [1.807, 2.05) is 43.6 Å². The van der Waals surface area contributed by atoms with Crippen LogP contribution in [-0.2, 0) is 18.3 Å². The number of hydrogen-bond acceptors (Lipinski definition) is 5. The van der Waals surface area contributed by atoms with Crippen LogP contribution < -0.4 is 10.2 Å². The second kappa shape index (κ2) is 8.22. The molecule has 1 aromatic carbocycles. The molecular weight excluding hydrogens is 354 g/mol. The highest BCUT2D eigenvalue weighted by molar-refractivity contribution is 5.94. The number of hydrogen-bond donors (Lipinski definition) is 1. The largest absolute Gasteiger partial charge is 0.378 e. The van der Waals surface area contributed by atoms with Crippen molar-refractivity contribution < 1.29 is 9.53 Å². The van der Waals surface area contributed by atoms with Crippen LogP contribution in [0.2, 0.25) is 0 Å². The molecule has 0 bridgehead atoms. The Labute approximate surface area is 164 Å². The SMILES string of the molecule is Cn1cc(-c2cncc(CNC(=O)c3ccc(N4CCOCC4)cc3)c2)cn1. The number of benzene rings is 1. The lowest BCUT2D eigenvalue weighted by Gasteiger charge is -2.28. The van der Waals surface area contributed by atoms with Crippen molar-refractivity contribution in [3.63, 3.8) is 0 Å². The zero-order valence-electron chi connectivity index (χ0n) is 15.8. The van der Waals surface area contributed by atoms with Gasteiger partial charge in [-0.15, -0.1) is 0 Å². The maximum atomic E-state index is 12.5. The first-order valence-corrected chi connectivity index (χ1v) is 9.33. The lowest BCUT2D eigenvalue weighted by atomic mass is 10.1. The molecule has 3 heterocycles. The van der Waals surface area contributed by atoms with Gasteiger partial charge in [0.25, 0.3) is 5.91 Å². The number of carbonyl (C=O) groups is 1. The molecule has 4 rings (SSSR count). The summed E-state index contributed by atoms with van der Waals surface area (Å²) in [6.07, 6.45) is 7.30. The molecule has 1 fully saturated rings. The monoisotopic (exact) mass is 377 g/mol. The smallest absolute Gasteiger partial charge is 0.251 e. The van der Waals surface area contributed by atoms with Gasteiger partial charge in [0.1, 0.15) is 0 Å². The average Bonchev–Trinajstić information content (AvgIpc) is 3.19. The highest BCUT2D eigenvalue weighted by atomic mass is 16.5. The fourth-order valence-corrected chi connectivity index (χ4v) is 3.24. The van der Waals surface area contributed by atoms with Crippen LogP contribution in [0, 0.1) is 0 Å². The highest BCUT2D eigenvalue weighted by Gasteiger charge is 2.12. The van der Waals surface area contributed by atoms with Gasteiger partial charge < -0.3 is 15.0 Å². The number of pyridine rings is 1. The highest BCUT2D eigenvalue weighted by Crippen LogP contribution is 2.19. The third-order valence-electron chi connectivity index (χ3n) is 4.79. The zero-order chi connectivity index (χ0) is 19.3. The predicted molar refractivity (Wildman–Crippen MR) is 107 cm³/mol. The lowest BCUT2D eigenvalue weighted by molar-refractivity contribution is 0.0951. The van der Waals surface area contributed by atoms with Crippen molar-refractivity contribution >= 4 is 11.6 Å². The fraction of sp³-hybridized carbons (Fsp3) is 0.286. The molecule has 2 aromatic heterocycles. The van der Waals surface area contributed by atoms with E-state index in [-0.39, 0.29) is 5.91 Å². The summed E-state index contributed by atoms with van der Waals surface area (Å²) in [6.45, 7) is 3.67. The number of carbonyl (C=O) groups excluding carboxylic acids is 1. The molecule has 28 heavy (non-hydrogen) atoms. The second-order valence-electron chi connectivity index (χ2n) is 6.81. The molecule has 7 nitrogen and oxygen atoms in total. The normalized spacial score (nSPS) is 14.1. The summed E-state index contributed by atoms with van der Waals surface area (Å²) in [6, 6.07) is 9.73. The Morgan fingerprint density at radius 1 is 1.11 bits per heavy atom. The number of aryl methyl sites for hydroxylation is 1. The number of aromatic nitrogens is 3. The number of amides is 1. The Bertz CT molecular complexity index is 945. The van der Waals surface area contributed by atoms with E-state index < -0.39 is 0 Å². The van der Waals surface area contributed by atoms with Gasteiger partial charge in [0.05, 0.1) is 19.4 Å². The number of morpholine rings is 1. The molecule has 1 aliphatic heterocycles. The van der Waals surface area contributed by atoms with Crippen molar-refractivity contribution in [2.75, 3.05) is 31.2 Å². The van der Waals surface area contributed by atoms with Gasteiger partial charge in [0.15, 0.2) is 0 Å². The van der Waals surface area contributed by atoms with Crippen molar-refractivity contribution in [2.24, 2.45) is 7.05 Å². The summed E-state index contributed by atoms with van der Waals surface area (Å²) in [7, 11) is 1.88. The van der Waals surface area contributed by atoms with Crippen LogP contribution in [0.4, 0.5) is 5.69 Å². The van der Waals surface area contributed by atoms with E-state index in [0.29, 0.717) is 12.1 Å². The molecule has 0 unspecified atom stereocenters. The minimum absolute atomic E-state index is 0.0969. The van der Waals surface area contributed by atoms with Crippen LogP contribution in [0.25, 0.3) is 11.1 Å². The number of nitrogens with one attached hydrogen (secondary N) is 1. The Morgan fingerprint density at radius 2 is 1.89 bits per heavy atom. The average molecular weight is 377 g/mol. The molecule has 0 aliphatic carbocycles. The molecular formula is C21H23N5O2. The van der Waals surface area contributed by atoms with Crippen molar-refractivity contribution in [1.29, 1.82) is 0 Å². The topological polar surface area (TPSA) is 72.3 Å². The minimum atomic E-state index is -0.0969. The van der Waals surface area contributed by atoms with Crippen LogP contribution in [0.15, 0.2) is 55.1 Å². The molecule has 3 aromatic rings. The van der Waals surface area contributed by atoms with Gasteiger partial charge in [-0.2, -0.15) is 5.10 Å². The van der Waals surface area contributed by atoms with E-state index >= 15 is 0 Å². The van der Waals surface area contributed by atoms with Crippen molar-refractivity contribution in [1.82, 2.24) is 20.1 Å². The van der Waals surface area contributed by atoms with Crippen molar-refractivity contribution in [3.8, 4) is 11.1 Å². The van der Waals surface area contributed by atoms with Crippen molar-refractivity contribution in [2.45, 2.75) is 6.54 Å². The summed E-state index contributed by atoms with van der Waals surface area (Å²) in [4.78, 5) is 19.0. The Balaban J connectivity index is 1.37. The van der Waals surface area contributed by atoms with Crippen LogP contribution in [0.5, 0.6) is 0 Å². The van der Waals surface area contributed by atoms with Crippen LogP contribution in [0.3, 0.4) is 0 Å². The standard InChI is InChI=1S/C21H23N5O2/c1-25-15-19(14-24-25)18-10-16(11-22-13-18)12-23-21(27)17-2-4-20(5-3-17)26-6-8-28-9-7-26/h2-5,10-11,13-15H,6-9,12H2,1H3,(H,23,27). The Hall–Kier alpha value is -3.19. The predicted octanol–water partition coefficient (Wildman–Crippen LogP) is 2.25. The first-order valence-electron chi connectivity index (χ1n) is 9.33. The van der Waals surface area contributed by atoms with E-state index in [2.05, 4.69) is 20.3 Å². The minimum Gasteiger partial charge on any atom is -0.378 e. The molecule has 0 atom stereocenters. The number of rotatable bonds is 5. The summed E-state index contributed by atoms with van der Waals surface area (Å²) in [5.74, 6) is -0.0969. The van der Waals surface area contributed by atoms with E-state index in [0.717, 1.165) is 48.7 Å². The quantitative estimate of drug-likeness (QED) is 0.738. The van der Waals surface area contributed by atoms with Crippen LogP contribution in [0.1, 0.15) is 15.9 Å². The van der Waals surface area contributed by atoms with Gasteiger partial charge in [-0.05, 0) is 35.9 Å². The van der Waals surface area contributed by atoms with Crippen molar-refractivity contribution in [3.05, 3.63) is 66.2 Å². The Morgan fingerprint density at radius 3 is 2.61 bits per heavy atom. The third-order valence-corrected chi connectivity index (χ3v) is 4.79. The first-order chi connectivity index (χ1) is 13.7. The molecule has 144 valence electrons. The van der Waals surface area contributed by atoms with Crippen LogP contribution in [-0.4, -0.2) is 47.0 Å². The molecule has 7 heteroatoms. The van der Waals surface area contributed by atoms with Crippen LogP contribution >= 0.6 is 0 Å². The van der Waals surface area contributed by atoms with Gasteiger partial charge in [-0.1, -0.05) is 0 Å². The second-order valence-corrected chi connectivity index (χ2v) is 6.81. The molecule has 1 saturated heterocycles. The summed E-state index contributed by atoms with van der Waals surface area (Å²) >= 11 is 0. The third kappa shape index (κ3) is 4.20. The Kier molecular flexibility index (Phi) is 5.34. The molecule has 1 N–H and O–H groups in total. The number of nitrogens with zero attached hydrogens (tertiary/aromatic N) is 4. The van der Waals surface area contributed by atoms with Gasteiger partial charge >= 0.3 is 0 Å². The van der Waals surface area contributed by atoms with E-state index in [4.69, 9.17) is 4.74 Å². The summed E-state index contributed by atoms with van der Waals surface area (Å²) in [5.41, 5.74) is 4.69. The summed E-state index contributed by atoms with van der Waals surface area (Å²) in [5, 5.41) is 7.15. The maximum absolute atomic E-state index is 12.5.